The van der Waals surface area contributed by atoms with Crippen LogP contribution in [0.4, 0.5) is 18.9 Å². The van der Waals surface area contributed by atoms with Crippen molar-refractivity contribution in [1.82, 2.24) is 5.01 Å². The van der Waals surface area contributed by atoms with Gasteiger partial charge in [-0.25, -0.2) is 0 Å². The van der Waals surface area contributed by atoms with Gasteiger partial charge in [-0.1, -0.05) is 33.6 Å². The number of hydrogen-bond acceptors (Lipinski definition) is 6. The number of thioether (sulfide) groups is 1. The van der Waals surface area contributed by atoms with Crippen LogP contribution in [0.2, 0.25) is 5.02 Å². The molecule has 0 bridgehead atoms. The normalized spacial score (nSPS) is 17.6. The third-order valence-electron chi connectivity index (χ3n) is 5.68. The summed E-state index contributed by atoms with van der Waals surface area (Å²) in [6.07, 6.45) is -1.73. The summed E-state index contributed by atoms with van der Waals surface area (Å²) < 4.78 is 45.8. The lowest BCUT2D eigenvalue weighted by Crippen LogP contribution is -2.44. The molecule has 0 saturated carbocycles. The fourth-order valence-corrected chi connectivity index (χ4v) is 5.04. The summed E-state index contributed by atoms with van der Waals surface area (Å²) in [7, 11) is 1.25. The molecule has 0 radical (unpaired) electrons. The van der Waals surface area contributed by atoms with Crippen molar-refractivity contribution in [2.75, 3.05) is 37.5 Å². The highest BCUT2D eigenvalue weighted by Crippen LogP contribution is 2.40. The first kappa shape index (κ1) is 28.3. The number of carbonyl (C=O) groups excluding carboxylic acids is 2. The van der Waals surface area contributed by atoms with Gasteiger partial charge < -0.3 is 10.1 Å². The molecule has 1 atom stereocenters. The maximum absolute atomic E-state index is 13.3. The van der Waals surface area contributed by atoms with E-state index in [1.807, 2.05) is 6.26 Å². The molecular formula is C24H24BrClF3N3O3S. The molecule has 1 unspecified atom stereocenters. The van der Waals surface area contributed by atoms with Crippen molar-refractivity contribution >= 4 is 62.6 Å². The van der Waals surface area contributed by atoms with Gasteiger partial charge in [-0.3, -0.25) is 14.6 Å². The van der Waals surface area contributed by atoms with E-state index >= 15 is 0 Å². The van der Waals surface area contributed by atoms with Gasteiger partial charge in [-0.2, -0.15) is 30.0 Å². The monoisotopic (exact) mass is 605 g/mol. The van der Waals surface area contributed by atoms with Crippen molar-refractivity contribution in [2.45, 2.75) is 19.0 Å². The van der Waals surface area contributed by atoms with Crippen LogP contribution in [0, 0.1) is 5.41 Å². The van der Waals surface area contributed by atoms with Gasteiger partial charge in [0.05, 0.1) is 30.0 Å². The molecule has 3 rings (SSSR count). The van der Waals surface area contributed by atoms with Crippen LogP contribution in [-0.4, -0.2) is 54.8 Å². The van der Waals surface area contributed by atoms with Crippen LogP contribution < -0.4 is 5.32 Å². The molecule has 6 nitrogen and oxygen atoms in total. The van der Waals surface area contributed by atoms with Crippen molar-refractivity contribution in [3.63, 3.8) is 0 Å². The average Bonchev–Trinajstić information content (AvgIpc) is 3.18. The van der Waals surface area contributed by atoms with Gasteiger partial charge in [-0.15, -0.1) is 0 Å². The van der Waals surface area contributed by atoms with Gasteiger partial charge in [0.15, 0.2) is 0 Å². The SMILES string of the molecule is COC(=O)C1(CCCSC)CN(CC(=O)Nc2ccc(Br)cc2)N=C1c1ccc(C(F)(F)F)c(Cl)c1. The maximum atomic E-state index is 13.3. The highest BCUT2D eigenvalue weighted by atomic mass is 79.9. The Labute approximate surface area is 224 Å². The molecule has 0 spiro atoms. The Morgan fingerprint density at radius 1 is 1.25 bits per heavy atom. The van der Waals surface area contributed by atoms with Crippen LogP contribution in [0.25, 0.3) is 0 Å². The third-order valence-corrected chi connectivity index (χ3v) is 7.22. The van der Waals surface area contributed by atoms with E-state index in [4.69, 9.17) is 16.3 Å². The van der Waals surface area contributed by atoms with E-state index < -0.39 is 28.1 Å². The van der Waals surface area contributed by atoms with Crippen molar-refractivity contribution in [3.8, 4) is 0 Å². The Hall–Kier alpha value is -2.24. The second kappa shape index (κ2) is 11.9. The number of rotatable bonds is 9. The van der Waals surface area contributed by atoms with Crippen molar-refractivity contribution in [3.05, 3.63) is 63.1 Å². The fraction of sp³-hybridized carbons (Fsp3) is 0.375. The lowest BCUT2D eigenvalue weighted by molar-refractivity contribution is -0.149. The molecule has 194 valence electrons. The van der Waals surface area contributed by atoms with Crippen LogP contribution in [0.15, 0.2) is 52.0 Å². The first-order valence-electron chi connectivity index (χ1n) is 10.8. The standard InChI is InChI=1S/C24H24BrClF3N3O3S/c1-35-22(34)23(10-3-11-36-2)14-32(13-20(33)30-17-7-5-16(25)6-8-17)31-21(23)15-4-9-18(19(26)12-15)24(27,28)29/h4-9,12H,3,10-11,13-14H2,1-2H3,(H,30,33). The van der Waals surface area contributed by atoms with Crippen molar-refractivity contribution < 1.29 is 27.5 Å². The molecule has 0 aromatic heterocycles. The molecule has 1 amide bonds. The Kier molecular flexibility index (Phi) is 9.34. The minimum absolute atomic E-state index is 0.0375. The van der Waals surface area contributed by atoms with Gasteiger partial charge in [0.1, 0.15) is 12.0 Å². The lowest BCUT2D eigenvalue weighted by Gasteiger charge is -2.28. The molecule has 0 aliphatic carbocycles. The molecule has 12 heteroatoms. The number of nitrogens with one attached hydrogen (secondary N) is 1. The van der Waals surface area contributed by atoms with Gasteiger partial charge in [-0.05, 0) is 61.2 Å². The van der Waals surface area contributed by atoms with E-state index in [0.717, 1.165) is 22.4 Å². The summed E-state index contributed by atoms with van der Waals surface area (Å²) in [5, 5.41) is 8.23. The van der Waals surface area contributed by atoms with E-state index in [0.29, 0.717) is 18.5 Å². The smallest absolute Gasteiger partial charge is 0.417 e. The Balaban J connectivity index is 1.96. The first-order valence-corrected chi connectivity index (χ1v) is 13.4. The third kappa shape index (κ3) is 6.54. The van der Waals surface area contributed by atoms with Crippen molar-refractivity contribution in [2.24, 2.45) is 10.5 Å². The van der Waals surface area contributed by atoms with Crippen LogP contribution in [-0.2, 0) is 20.5 Å². The summed E-state index contributed by atoms with van der Waals surface area (Å²) in [5.41, 5.74) is -1.18. The average molecular weight is 607 g/mol. The number of amides is 1. The number of benzene rings is 2. The molecule has 1 aliphatic rings. The second-order valence-corrected chi connectivity index (χ2v) is 10.5. The molecule has 0 fully saturated rings. The maximum Gasteiger partial charge on any atom is 0.417 e. The lowest BCUT2D eigenvalue weighted by atomic mass is 9.76. The second-order valence-electron chi connectivity index (χ2n) is 8.19. The number of methoxy groups -OCH3 is 1. The number of hydrazone groups is 1. The van der Waals surface area contributed by atoms with E-state index in [1.165, 1.54) is 18.2 Å². The Bertz CT molecular complexity index is 1150. The first-order chi connectivity index (χ1) is 17.0. The quantitative estimate of drug-likeness (QED) is 0.277. The summed E-state index contributed by atoms with van der Waals surface area (Å²) >= 11 is 10.9. The van der Waals surface area contributed by atoms with Crippen molar-refractivity contribution in [1.29, 1.82) is 0 Å². The largest absolute Gasteiger partial charge is 0.468 e. The van der Waals surface area contributed by atoms with Crippen LogP contribution in [0.5, 0.6) is 0 Å². The number of esters is 1. The summed E-state index contributed by atoms with van der Waals surface area (Å²) in [5.74, 6) is -0.186. The molecule has 1 aliphatic heterocycles. The molecular weight excluding hydrogens is 583 g/mol. The van der Waals surface area contributed by atoms with Crippen LogP contribution in [0.3, 0.4) is 0 Å². The number of ether oxygens (including phenoxy) is 1. The number of nitrogens with zero attached hydrogens (tertiary/aromatic N) is 2. The molecule has 0 saturated heterocycles. The zero-order valence-corrected chi connectivity index (χ0v) is 22.7. The molecule has 1 N–H and O–H groups in total. The van der Waals surface area contributed by atoms with Crippen LogP contribution >= 0.6 is 39.3 Å². The predicted molar refractivity (Wildman–Crippen MR) is 139 cm³/mol. The highest BCUT2D eigenvalue weighted by Gasteiger charge is 2.50. The van der Waals surface area contributed by atoms with Gasteiger partial charge in [0.25, 0.3) is 0 Å². The Morgan fingerprint density at radius 2 is 1.94 bits per heavy atom. The number of alkyl halides is 3. The summed E-state index contributed by atoms with van der Waals surface area (Å²) in [6, 6.07) is 10.3. The number of carbonyl (C=O) groups is 2. The zero-order valence-electron chi connectivity index (χ0n) is 19.5. The number of anilines is 1. The zero-order chi connectivity index (χ0) is 26.5. The summed E-state index contributed by atoms with van der Waals surface area (Å²) in [4.78, 5) is 25.8. The minimum atomic E-state index is -4.62. The van der Waals surface area contributed by atoms with Crippen LogP contribution in [0.1, 0.15) is 24.0 Å². The molecule has 1 heterocycles. The molecule has 2 aromatic carbocycles. The minimum Gasteiger partial charge on any atom is -0.468 e. The number of halogens is 5. The van der Waals surface area contributed by atoms with Gasteiger partial charge >= 0.3 is 12.1 Å². The van der Waals surface area contributed by atoms with E-state index in [2.05, 4.69) is 26.3 Å². The Morgan fingerprint density at radius 3 is 2.53 bits per heavy atom. The molecule has 2 aromatic rings. The van der Waals surface area contributed by atoms with E-state index in [-0.39, 0.29) is 30.3 Å². The predicted octanol–water partition coefficient (Wildman–Crippen LogP) is 6.08. The topological polar surface area (TPSA) is 71.0 Å². The molecule has 36 heavy (non-hydrogen) atoms. The fourth-order valence-electron chi connectivity index (χ4n) is 4.05. The number of hydrogen-bond donors (Lipinski definition) is 1. The van der Waals surface area contributed by atoms with Gasteiger partial charge in [0.2, 0.25) is 5.91 Å². The van der Waals surface area contributed by atoms with E-state index in [9.17, 15) is 22.8 Å². The van der Waals surface area contributed by atoms with E-state index in [1.54, 1.807) is 36.0 Å². The highest BCUT2D eigenvalue weighted by molar-refractivity contribution is 9.10. The summed E-state index contributed by atoms with van der Waals surface area (Å²) in [6.45, 7) is -0.134. The van der Waals surface area contributed by atoms with Gasteiger partial charge in [0, 0.05) is 15.7 Å².